The third-order valence-electron chi connectivity index (χ3n) is 3.28. The molecule has 7 nitrogen and oxygen atoms in total. The van der Waals surface area contributed by atoms with Crippen LogP contribution in [-0.4, -0.2) is 19.1 Å². The third kappa shape index (κ3) is 3.49. The van der Waals surface area contributed by atoms with Crippen molar-refractivity contribution in [3.05, 3.63) is 57.6 Å². The lowest BCUT2D eigenvalue weighted by atomic mass is 10.1. The molecule has 1 N–H and O–H groups in total. The normalized spacial score (nSPS) is 9.78. The van der Waals surface area contributed by atoms with Crippen LogP contribution in [0.15, 0.2) is 36.4 Å². The SMILES string of the molecule is COc1cccc(CNc2ccc([N+](=O)[O-])c(C#N)c2)c1OC. The van der Waals surface area contributed by atoms with Crippen LogP contribution >= 0.6 is 0 Å². The Morgan fingerprint density at radius 3 is 2.65 bits per heavy atom. The standard InChI is InChI=1S/C16H15N3O4/c1-22-15-5-3-4-11(16(15)23-2)10-18-13-6-7-14(19(20)21)12(8-13)9-17/h3-8,18H,10H2,1-2H3. The Balaban J connectivity index is 2.22. The predicted molar refractivity (Wildman–Crippen MR) is 84.7 cm³/mol. The molecule has 0 aliphatic heterocycles. The molecule has 2 aromatic rings. The van der Waals surface area contributed by atoms with Gasteiger partial charge in [-0.2, -0.15) is 5.26 Å². The lowest BCUT2D eigenvalue weighted by Crippen LogP contribution is -2.03. The summed E-state index contributed by atoms with van der Waals surface area (Å²) < 4.78 is 10.6. The Bertz CT molecular complexity index is 768. The van der Waals surface area contributed by atoms with Crippen molar-refractivity contribution in [1.82, 2.24) is 0 Å². The molecule has 0 radical (unpaired) electrons. The number of anilines is 1. The van der Waals surface area contributed by atoms with E-state index in [-0.39, 0.29) is 11.3 Å². The lowest BCUT2D eigenvalue weighted by molar-refractivity contribution is -0.385. The monoisotopic (exact) mass is 313 g/mol. The van der Waals surface area contributed by atoms with E-state index in [1.807, 2.05) is 18.2 Å². The minimum absolute atomic E-state index is 0.0117. The highest BCUT2D eigenvalue weighted by Gasteiger charge is 2.14. The van der Waals surface area contributed by atoms with Crippen LogP contribution in [0.4, 0.5) is 11.4 Å². The third-order valence-corrected chi connectivity index (χ3v) is 3.28. The summed E-state index contributed by atoms with van der Waals surface area (Å²) in [5.74, 6) is 1.23. The second kappa shape index (κ2) is 7.13. The van der Waals surface area contributed by atoms with Gasteiger partial charge in [0.05, 0.1) is 19.1 Å². The summed E-state index contributed by atoms with van der Waals surface area (Å²) in [7, 11) is 3.12. The van der Waals surface area contributed by atoms with Gasteiger partial charge in [-0.1, -0.05) is 12.1 Å². The van der Waals surface area contributed by atoms with Crippen LogP contribution in [0.5, 0.6) is 11.5 Å². The summed E-state index contributed by atoms with van der Waals surface area (Å²) >= 11 is 0. The molecule has 0 bridgehead atoms. The van der Waals surface area contributed by atoms with Gasteiger partial charge in [0.25, 0.3) is 5.69 Å². The number of nitro groups is 1. The van der Waals surface area contributed by atoms with Crippen molar-refractivity contribution >= 4 is 11.4 Å². The summed E-state index contributed by atoms with van der Waals surface area (Å²) in [5.41, 5.74) is 1.27. The highest BCUT2D eigenvalue weighted by atomic mass is 16.6. The first-order valence-corrected chi connectivity index (χ1v) is 6.73. The first-order chi connectivity index (χ1) is 11.1. The lowest BCUT2D eigenvalue weighted by Gasteiger charge is -2.13. The van der Waals surface area contributed by atoms with Gasteiger partial charge < -0.3 is 14.8 Å². The van der Waals surface area contributed by atoms with Crippen LogP contribution < -0.4 is 14.8 Å². The van der Waals surface area contributed by atoms with Crippen molar-refractivity contribution in [3.63, 3.8) is 0 Å². The number of nitrogens with zero attached hydrogens (tertiary/aromatic N) is 2. The molecule has 2 aromatic carbocycles. The van der Waals surface area contributed by atoms with Crippen LogP contribution in [0.25, 0.3) is 0 Å². The largest absolute Gasteiger partial charge is 0.493 e. The molecule has 0 amide bonds. The van der Waals surface area contributed by atoms with Gasteiger partial charge in [-0.3, -0.25) is 10.1 Å². The fourth-order valence-corrected chi connectivity index (χ4v) is 2.18. The molecule has 0 heterocycles. The van der Waals surface area contributed by atoms with Crippen molar-refractivity contribution in [3.8, 4) is 17.6 Å². The molecule has 0 saturated carbocycles. The molecule has 7 heteroatoms. The molecule has 0 saturated heterocycles. The van der Waals surface area contributed by atoms with E-state index >= 15 is 0 Å². The second-order valence-electron chi connectivity index (χ2n) is 4.61. The topological polar surface area (TPSA) is 97.4 Å². The van der Waals surface area contributed by atoms with E-state index in [9.17, 15) is 10.1 Å². The van der Waals surface area contributed by atoms with E-state index < -0.39 is 4.92 Å². The highest BCUT2D eigenvalue weighted by molar-refractivity contribution is 5.59. The maximum absolute atomic E-state index is 10.8. The zero-order valence-electron chi connectivity index (χ0n) is 12.7. The van der Waals surface area contributed by atoms with Crippen molar-refractivity contribution < 1.29 is 14.4 Å². The molecule has 118 valence electrons. The molecule has 0 aliphatic rings. The number of nitro benzene ring substituents is 1. The Morgan fingerprint density at radius 2 is 2.04 bits per heavy atom. The fraction of sp³-hybridized carbons (Fsp3) is 0.188. The second-order valence-corrected chi connectivity index (χ2v) is 4.61. The predicted octanol–water partition coefficient (Wildman–Crippen LogP) is 3.10. The quantitative estimate of drug-likeness (QED) is 0.650. The zero-order valence-corrected chi connectivity index (χ0v) is 12.7. The molecule has 0 fully saturated rings. The molecule has 0 atom stereocenters. The number of nitrogens with one attached hydrogen (secondary N) is 1. The number of rotatable bonds is 6. The Kier molecular flexibility index (Phi) is 5.00. The maximum Gasteiger partial charge on any atom is 0.287 e. The maximum atomic E-state index is 10.8. The smallest absolute Gasteiger partial charge is 0.287 e. The number of hydrogen-bond acceptors (Lipinski definition) is 6. The number of para-hydroxylation sites is 1. The van der Waals surface area contributed by atoms with Gasteiger partial charge in [0.1, 0.15) is 11.6 Å². The summed E-state index contributed by atoms with van der Waals surface area (Å²) in [4.78, 5) is 10.3. The van der Waals surface area contributed by atoms with Crippen molar-refractivity contribution in [2.45, 2.75) is 6.54 Å². The van der Waals surface area contributed by atoms with Crippen molar-refractivity contribution in [2.75, 3.05) is 19.5 Å². The van der Waals surface area contributed by atoms with E-state index in [1.165, 1.54) is 12.1 Å². The van der Waals surface area contributed by atoms with E-state index in [4.69, 9.17) is 14.7 Å². The first kappa shape index (κ1) is 16.1. The number of ether oxygens (including phenoxy) is 2. The molecule has 23 heavy (non-hydrogen) atoms. The molecule has 0 aromatic heterocycles. The Hall–Kier alpha value is -3.27. The molecular formula is C16H15N3O4. The minimum Gasteiger partial charge on any atom is -0.493 e. The van der Waals surface area contributed by atoms with E-state index in [0.29, 0.717) is 23.7 Å². The van der Waals surface area contributed by atoms with Crippen LogP contribution in [0, 0.1) is 21.4 Å². The fourth-order valence-electron chi connectivity index (χ4n) is 2.18. The zero-order chi connectivity index (χ0) is 16.8. The minimum atomic E-state index is -0.576. The number of methoxy groups -OCH3 is 2. The van der Waals surface area contributed by atoms with Crippen molar-refractivity contribution in [1.29, 1.82) is 5.26 Å². The number of hydrogen-bond donors (Lipinski definition) is 1. The van der Waals surface area contributed by atoms with Gasteiger partial charge in [0.2, 0.25) is 0 Å². The molecule has 2 rings (SSSR count). The van der Waals surface area contributed by atoms with Gasteiger partial charge in [-0.15, -0.1) is 0 Å². The number of nitriles is 1. The van der Waals surface area contributed by atoms with Gasteiger partial charge in [-0.05, 0) is 18.2 Å². The Morgan fingerprint density at radius 1 is 1.26 bits per heavy atom. The molecule has 0 unspecified atom stereocenters. The average Bonchev–Trinajstić information content (AvgIpc) is 2.58. The summed E-state index contributed by atoms with van der Waals surface area (Å²) in [6.07, 6.45) is 0. The van der Waals surface area contributed by atoms with Crippen LogP contribution in [0.1, 0.15) is 11.1 Å². The van der Waals surface area contributed by atoms with E-state index in [1.54, 1.807) is 26.4 Å². The first-order valence-electron chi connectivity index (χ1n) is 6.73. The van der Waals surface area contributed by atoms with Gasteiger partial charge >= 0.3 is 0 Å². The van der Waals surface area contributed by atoms with Crippen LogP contribution in [-0.2, 0) is 6.54 Å². The van der Waals surface area contributed by atoms with Crippen LogP contribution in [0.3, 0.4) is 0 Å². The Labute approximate surface area is 133 Å². The van der Waals surface area contributed by atoms with E-state index in [2.05, 4.69) is 5.32 Å². The van der Waals surface area contributed by atoms with Crippen molar-refractivity contribution in [2.24, 2.45) is 0 Å². The van der Waals surface area contributed by atoms with Gasteiger partial charge in [-0.25, -0.2) is 0 Å². The number of benzene rings is 2. The van der Waals surface area contributed by atoms with Crippen LogP contribution in [0.2, 0.25) is 0 Å². The summed E-state index contributed by atoms with van der Waals surface area (Å²) in [6, 6.07) is 11.7. The average molecular weight is 313 g/mol. The molecule has 0 aliphatic carbocycles. The summed E-state index contributed by atoms with van der Waals surface area (Å²) in [5, 5.41) is 23.0. The molecule has 0 spiro atoms. The van der Waals surface area contributed by atoms with E-state index in [0.717, 1.165) is 5.56 Å². The molecular weight excluding hydrogens is 298 g/mol. The van der Waals surface area contributed by atoms with Gasteiger partial charge in [0, 0.05) is 23.9 Å². The van der Waals surface area contributed by atoms with Gasteiger partial charge in [0.15, 0.2) is 11.5 Å². The summed E-state index contributed by atoms with van der Waals surface area (Å²) in [6.45, 7) is 0.420. The highest BCUT2D eigenvalue weighted by Crippen LogP contribution is 2.31.